The van der Waals surface area contributed by atoms with Crippen molar-refractivity contribution in [3.8, 4) is 17.2 Å². The van der Waals surface area contributed by atoms with Crippen molar-refractivity contribution in [2.75, 3.05) is 5.32 Å². The van der Waals surface area contributed by atoms with E-state index in [9.17, 15) is 13.6 Å². The van der Waals surface area contributed by atoms with E-state index in [-0.39, 0.29) is 29.9 Å². The number of hydrogen-bond acceptors (Lipinski definition) is 5. The third-order valence-corrected chi connectivity index (χ3v) is 5.26. The highest BCUT2D eigenvalue weighted by atomic mass is 19.1. The van der Waals surface area contributed by atoms with Gasteiger partial charge >= 0.3 is 0 Å². The van der Waals surface area contributed by atoms with Crippen LogP contribution >= 0.6 is 0 Å². The van der Waals surface area contributed by atoms with Gasteiger partial charge in [0.2, 0.25) is 5.91 Å². The fraction of sp³-hybridized carbons (Fsp3) is 0.136. The zero-order valence-electron chi connectivity index (χ0n) is 16.4. The SMILES string of the molecule is Cc1nn(-c2nncc(-c3ccc(F)cc3)n2)c2c1[C@@H](c1ccccc1F)CC(=O)N2. The van der Waals surface area contributed by atoms with Gasteiger partial charge in [0.1, 0.15) is 17.5 Å². The number of nitrogens with one attached hydrogen (secondary N) is 1. The highest BCUT2D eigenvalue weighted by Crippen LogP contribution is 2.40. The molecule has 4 aromatic rings. The van der Waals surface area contributed by atoms with Crippen LogP contribution in [0.5, 0.6) is 0 Å². The molecule has 0 bridgehead atoms. The smallest absolute Gasteiger partial charge is 0.272 e. The van der Waals surface area contributed by atoms with Gasteiger partial charge in [-0.15, -0.1) is 5.10 Å². The first-order valence-corrected chi connectivity index (χ1v) is 9.61. The maximum absolute atomic E-state index is 14.5. The van der Waals surface area contributed by atoms with Crippen LogP contribution < -0.4 is 5.32 Å². The Morgan fingerprint density at radius 3 is 2.65 bits per heavy atom. The standard InChI is InChI=1S/C22H16F2N6O/c1-12-20-16(15-4-2-3-5-17(15)24)10-19(31)27-21(20)30(29-12)22-26-18(11-25-28-22)13-6-8-14(23)9-7-13/h2-9,11,16H,10H2,1H3,(H,27,31)/t16-/m1/s1. The van der Waals surface area contributed by atoms with Crippen molar-refractivity contribution in [2.24, 2.45) is 0 Å². The number of fused-ring (bicyclic) bond motifs is 1. The Morgan fingerprint density at radius 2 is 1.87 bits per heavy atom. The summed E-state index contributed by atoms with van der Waals surface area (Å²) in [6, 6.07) is 12.2. The molecular weight excluding hydrogens is 402 g/mol. The number of carbonyl (C=O) groups is 1. The van der Waals surface area contributed by atoms with Gasteiger partial charge in [0.05, 0.1) is 17.6 Å². The third kappa shape index (κ3) is 3.33. The monoisotopic (exact) mass is 418 g/mol. The Bertz CT molecular complexity index is 1300. The number of halogens is 2. The number of aryl methyl sites for hydroxylation is 1. The summed E-state index contributed by atoms with van der Waals surface area (Å²) in [5, 5.41) is 15.4. The molecule has 0 aliphatic carbocycles. The highest BCUT2D eigenvalue weighted by Gasteiger charge is 2.34. The van der Waals surface area contributed by atoms with Crippen LogP contribution in [0.25, 0.3) is 17.2 Å². The zero-order valence-corrected chi connectivity index (χ0v) is 16.4. The second kappa shape index (κ2) is 7.35. The molecule has 3 heterocycles. The predicted molar refractivity (Wildman–Crippen MR) is 109 cm³/mol. The van der Waals surface area contributed by atoms with Crippen molar-refractivity contribution in [1.82, 2.24) is 25.0 Å². The van der Waals surface area contributed by atoms with Crippen molar-refractivity contribution in [3.63, 3.8) is 0 Å². The number of aromatic nitrogens is 5. The van der Waals surface area contributed by atoms with Crippen LogP contribution in [-0.4, -0.2) is 30.9 Å². The first-order valence-electron chi connectivity index (χ1n) is 9.61. The fourth-order valence-corrected chi connectivity index (χ4v) is 3.86. The lowest BCUT2D eigenvalue weighted by Gasteiger charge is -2.24. The van der Waals surface area contributed by atoms with Crippen molar-refractivity contribution in [3.05, 3.63) is 83.2 Å². The van der Waals surface area contributed by atoms with Gasteiger partial charge < -0.3 is 5.32 Å². The summed E-state index contributed by atoms with van der Waals surface area (Å²) in [5.74, 6) is -0.946. The molecule has 1 atom stereocenters. The number of rotatable bonds is 3. The van der Waals surface area contributed by atoms with Gasteiger partial charge in [0, 0.05) is 23.5 Å². The molecule has 0 saturated heterocycles. The lowest BCUT2D eigenvalue weighted by molar-refractivity contribution is -0.116. The number of anilines is 1. The molecule has 0 radical (unpaired) electrons. The van der Waals surface area contributed by atoms with Gasteiger partial charge in [-0.1, -0.05) is 18.2 Å². The maximum Gasteiger partial charge on any atom is 0.272 e. The highest BCUT2D eigenvalue weighted by molar-refractivity contribution is 5.95. The Kier molecular flexibility index (Phi) is 4.50. The summed E-state index contributed by atoms with van der Waals surface area (Å²) in [7, 11) is 0. The number of hydrogen-bond donors (Lipinski definition) is 1. The molecule has 7 nitrogen and oxygen atoms in total. The van der Waals surface area contributed by atoms with Crippen molar-refractivity contribution >= 4 is 11.7 Å². The van der Waals surface area contributed by atoms with Crippen LogP contribution in [-0.2, 0) is 4.79 Å². The average Bonchev–Trinajstić information content (AvgIpc) is 3.10. The molecule has 1 aliphatic rings. The summed E-state index contributed by atoms with van der Waals surface area (Å²) >= 11 is 0. The van der Waals surface area contributed by atoms with Gasteiger partial charge in [-0.3, -0.25) is 4.79 Å². The van der Waals surface area contributed by atoms with E-state index in [1.165, 1.54) is 29.1 Å². The fourth-order valence-electron chi connectivity index (χ4n) is 3.86. The summed E-state index contributed by atoms with van der Waals surface area (Å²) in [5.41, 5.74) is 2.89. The molecule has 0 saturated carbocycles. The number of carbonyl (C=O) groups excluding carboxylic acids is 1. The Balaban J connectivity index is 1.63. The summed E-state index contributed by atoms with van der Waals surface area (Å²) < 4.78 is 29.2. The van der Waals surface area contributed by atoms with Gasteiger partial charge in [-0.05, 0) is 42.8 Å². The van der Waals surface area contributed by atoms with Crippen LogP contribution in [0.4, 0.5) is 14.6 Å². The average molecular weight is 418 g/mol. The van der Waals surface area contributed by atoms with Gasteiger partial charge in [-0.2, -0.15) is 14.9 Å². The second-order valence-corrected chi connectivity index (χ2v) is 7.23. The molecule has 0 fully saturated rings. The predicted octanol–water partition coefficient (Wildman–Crippen LogP) is 3.79. The summed E-state index contributed by atoms with van der Waals surface area (Å²) in [6.07, 6.45) is 1.56. The molecule has 0 spiro atoms. The van der Waals surface area contributed by atoms with E-state index < -0.39 is 5.92 Å². The van der Waals surface area contributed by atoms with E-state index in [2.05, 4.69) is 25.6 Å². The number of amides is 1. The van der Waals surface area contributed by atoms with Crippen molar-refractivity contribution in [2.45, 2.75) is 19.3 Å². The van der Waals surface area contributed by atoms with E-state index in [4.69, 9.17) is 0 Å². The molecule has 31 heavy (non-hydrogen) atoms. The number of benzene rings is 2. The van der Waals surface area contributed by atoms with Gasteiger partial charge in [0.25, 0.3) is 5.95 Å². The van der Waals surface area contributed by atoms with E-state index in [0.29, 0.717) is 33.9 Å². The quantitative estimate of drug-likeness (QED) is 0.547. The van der Waals surface area contributed by atoms with E-state index in [1.54, 1.807) is 37.3 Å². The molecule has 154 valence electrons. The minimum atomic E-state index is -0.480. The van der Waals surface area contributed by atoms with Crippen LogP contribution in [0.3, 0.4) is 0 Å². The van der Waals surface area contributed by atoms with Crippen molar-refractivity contribution in [1.29, 1.82) is 0 Å². The Morgan fingerprint density at radius 1 is 1.10 bits per heavy atom. The van der Waals surface area contributed by atoms with E-state index >= 15 is 0 Å². The molecular formula is C22H16F2N6O. The normalized spacial score (nSPS) is 15.5. The lowest BCUT2D eigenvalue weighted by atomic mass is 9.85. The Hall–Kier alpha value is -4.01. The lowest BCUT2D eigenvalue weighted by Crippen LogP contribution is -2.25. The minimum absolute atomic E-state index is 0.106. The summed E-state index contributed by atoms with van der Waals surface area (Å²) in [4.78, 5) is 17.0. The second-order valence-electron chi connectivity index (χ2n) is 7.23. The van der Waals surface area contributed by atoms with Gasteiger partial charge in [-0.25, -0.2) is 13.8 Å². The Labute approximate surface area is 175 Å². The first kappa shape index (κ1) is 19.0. The van der Waals surface area contributed by atoms with Gasteiger partial charge in [0.15, 0.2) is 0 Å². The molecule has 5 rings (SSSR count). The van der Waals surface area contributed by atoms with E-state index in [0.717, 1.165) is 0 Å². The van der Waals surface area contributed by atoms with Crippen LogP contribution in [0.2, 0.25) is 0 Å². The van der Waals surface area contributed by atoms with Crippen LogP contribution in [0.1, 0.15) is 29.2 Å². The van der Waals surface area contributed by atoms with E-state index in [1.807, 2.05) is 0 Å². The molecule has 2 aromatic carbocycles. The molecule has 0 unspecified atom stereocenters. The number of nitrogens with zero attached hydrogens (tertiary/aromatic N) is 5. The zero-order chi connectivity index (χ0) is 21.5. The molecule has 9 heteroatoms. The third-order valence-electron chi connectivity index (χ3n) is 5.26. The first-order chi connectivity index (χ1) is 15.0. The van der Waals surface area contributed by atoms with Crippen molar-refractivity contribution < 1.29 is 13.6 Å². The molecule has 1 N–H and O–H groups in total. The maximum atomic E-state index is 14.5. The molecule has 1 aliphatic heterocycles. The minimum Gasteiger partial charge on any atom is -0.310 e. The molecule has 2 aromatic heterocycles. The van der Waals surface area contributed by atoms with Crippen LogP contribution in [0.15, 0.2) is 54.7 Å². The molecule has 1 amide bonds. The van der Waals surface area contributed by atoms with Crippen LogP contribution in [0, 0.1) is 18.6 Å². The largest absolute Gasteiger partial charge is 0.310 e. The topological polar surface area (TPSA) is 85.6 Å². The summed E-state index contributed by atoms with van der Waals surface area (Å²) in [6.45, 7) is 1.79.